The smallest absolute Gasteiger partial charge is 0.338 e. The summed E-state index contributed by atoms with van der Waals surface area (Å²) in [6, 6.07) is 14.0. The van der Waals surface area contributed by atoms with Gasteiger partial charge in [-0.15, -0.1) is 0 Å². The van der Waals surface area contributed by atoms with Crippen LogP contribution in [0, 0.1) is 0 Å². The number of hydrogen-bond donors (Lipinski definition) is 1. The van der Waals surface area contributed by atoms with E-state index >= 15 is 0 Å². The Morgan fingerprint density at radius 2 is 1.68 bits per heavy atom. The third-order valence-corrected chi connectivity index (χ3v) is 4.78. The van der Waals surface area contributed by atoms with Gasteiger partial charge in [-0.1, -0.05) is 28.4 Å². The van der Waals surface area contributed by atoms with Gasteiger partial charge in [0.05, 0.1) is 5.56 Å². The van der Waals surface area contributed by atoms with Gasteiger partial charge in [0.25, 0.3) is 5.91 Å². The van der Waals surface area contributed by atoms with E-state index in [-0.39, 0.29) is 18.0 Å². The summed E-state index contributed by atoms with van der Waals surface area (Å²) < 4.78 is 6.40. The van der Waals surface area contributed by atoms with Gasteiger partial charge < -0.3 is 10.1 Å². The minimum Gasteiger partial charge on any atom is -0.459 e. The molecular formula is C20H20BrNO3. The van der Waals surface area contributed by atoms with E-state index < -0.39 is 0 Å². The Hall–Kier alpha value is -2.14. The van der Waals surface area contributed by atoms with Crippen LogP contribution in [0.2, 0.25) is 0 Å². The molecule has 1 amide bonds. The number of benzene rings is 2. The molecule has 4 nitrogen and oxygen atoms in total. The first-order valence-corrected chi connectivity index (χ1v) is 9.29. The maximum Gasteiger partial charge on any atom is 0.338 e. The molecule has 0 heterocycles. The van der Waals surface area contributed by atoms with Crippen molar-refractivity contribution in [2.24, 2.45) is 0 Å². The monoisotopic (exact) mass is 401 g/mol. The van der Waals surface area contributed by atoms with Crippen LogP contribution in [0.3, 0.4) is 0 Å². The van der Waals surface area contributed by atoms with Crippen molar-refractivity contribution in [1.29, 1.82) is 0 Å². The largest absolute Gasteiger partial charge is 0.459 e. The molecule has 1 aliphatic carbocycles. The van der Waals surface area contributed by atoms with Gasteiger partial charge in [0.15, 0.2) is 0 Å². The molecule has 0 atom stereocenters. The Bertz CT molecular complexity index is 752. The number of esters is 1. The Morgan fingerprint density at radius 3 is 2.36 bits per heavy atom. The third-order valence-electron chi connectivity index (χ3n) is 4.29. The first kappa shape index (κ1) is 17.7. The van der Waals surface area contributed by atoms with E-state index in [1.54, 1.807) is 36.4 Å². The van der Waals surface area contributed by atoms with Gasteiger partial charge in [0, 0.05) is 15.7 Å². The molecule has 1 aliphatic rings. The van der Waals surface area contributed by atoms with Crippen molar-refractivity contribution in [3.05, 3.63) is 64.1 Å². The van der Waals surface area contributed by atoms with Crippen molar-refractivity contribution in [2.45, 2.75) is 38.2 Å². The lowest BCUT2D eigenvalue weighted by atomic mass is 9.98. The molecule has 0 aromatic heterocycles. The molecule has 2 aromatic carbocycles. The van der Waals surface area contributed by atoms with Gasteiger partial charge in [-0.2, -0.15) is 0 Å². The second-order valence-corrected chi connectivity index (χ2v) is 7.12. The molecule has 25 heavy (non-hydrogen) atoms. The number of hydrogen-bond acceptors (Lipinski definition) is 3. The molecule has 5 heteroatoms. The second-order valence-electron chi connectivity index (χ2n) is 6.21. The Labute approximate surface area is 155 Å². The highest BCUT2D eigenvalue weighted by Gasteiger charge is 2.18. The summed E-state index contributed by atoms with van der Waals surface area (Å²) in [5, 5.41) is 2.82. The van der Waals surface area contributed by atoms with Gasteiger partial charge >= 0.3 is 5.97 Å². The zero-order valence-electron chi connectivity index (χ0n) is 13.8. The lowest BCUT2D eigenvalue weighted by Gasteiger charge is -2.21. The van der Waals surface area contributed by atoms with Crippen LogP contribution in [0.5, 0.6) is 0 Å². The highest BCUT2D eigenvalue weighted by Crippen LogP contribution is 2.22. The number of ether oxygens (including phenoxy) is 1. The number of anilines is 1. The van der Waals surface area contributed by atoms with Gasteiger partial charge in [0.1, 0.15) is 6.10 Å². The number of rotatable bonds is 4. The fraction of sp³-hybridized carbons (Fsp3) is 0.300. The zero-order valence-corrected chi connectivity index (χ0v) is 15.4. The maximum absolute atomic E-state index is 12.2. The fourth-order valence-electron chi connectivity index (χ4n) is 2.93. The Balaban J connectivity index is 1.59. The number of carbonyl (C=O) groups is 2. The molecule has 3 rings (SSSR count). The van der Waals surface area contributed by atoms with E-state index in [1.165, 1.54) is 6.42 Å². The highest BCUT2D eigenvalue weighted by atomic mass is 79.9. The van der Waals surface area contributed by atoms with Crippen molar-refractivity contribution in [3.63, 3.8) is 0 Å². The normalized spacial score (nSPS) is 14.8. The molecule has 130 valence electrons. The first-order valence-electron chi connectivity index (χ1n) is 8.50. The molecule has 1 N–H and O–H groups in total. The summed E-state index contributed by atoms with van der Waals surface area (Å²) in [4.78, 5) is 24.4. The van der Waals surface area contributed by atoms with Crippen LogP contribution in [0.25, 0.3) is 0 Å². The number of nitrogens with one attached hydrogen (secondary N) is 1. The highest BCUT2D eigenvalue weighted by molar-refractivity contribution is 9.10. The first-order chi connectivity index (χ1) is 12.1. The number of halogens is 1. The van der Waals surface area contributed by atoms with Crippen molar-refractivity contribution < 1.29 is 14.3 Å². The molecule has 0 radical (unpaired) electrons. The third kappa shape index (κ3) is 4.92. The van der Waals surface area contributed by atoms with E-state index in [0.29, 0.717) is 16.8 Å². The molecular weight excluding hydrogens is 382 g/mol. The number of amides is 1. The van der Waals surface area contributed by atoms with Crippen molar-refractivity contribution in [1.82, 2.24) is 0 Å². The van der Waals surface area contributed by atoms with E-state index in [0.717, 1.165) is 30.2 Å². The number of carbonyl (C=O) groups excluding carboxylic acids is 2. The predicted octanol–water partition coefficient (Wildman–Crippen LogP) is 5.19. The van der Waals surface area contributed by atoms with Crippen LogP contribution in [0.15, 0.2) is 53.0 Å². The zero-order chi connectivity index (χ0) is 17.6. The standard InChI is InChI=1S/C20H20BrNO3/c21-16-6-4-5-15(13-16)19(23)22-17-11-9-14(10-12-17)20(24)25-18-7-2-1-3-8-18/h4-6,9-13,18H,1-3,7-8H2,(H,22,23). The van der Waals surface area contributed by atoms with E-state index in [1.807, 2.05) is 12.1 Å². The summed E-state index contributed by atoms with van der Waals surface area (Å²) in [5.74, 6) is -0.490. The minimum absolute atomic E-state index is 0.0390. The summed E-state index contributed by atoms with van der Waals surface area (Å²) in [7, 11) is 0. The molecule has 2 aromatic rings. The summed E-state index contributed by atoms with van der Waals surface area (Å²) in [6.45, 7) is 0. The fourth-order valence-corrected chi connectivity index (χ4v) is 3.32. The minimum atomic E-state index is -0.295. The van der Waals surface area contributed by atoms with Crippen molar-refractivity contribution >= 4 is 33.5 Å². The average molecular weight is 402 g/mol. The quantitative estimate of drug-likeness (QED) is 0.716. The van der Waals surface area contributed by atoms with Crippen LogP contribution >= 0.6 is 15.9 Å². The van der Waals surface area contributed by atoms with Gasteiger partial charge in [-0.25, -0.2) is 4.79 Å². The second kappa shape index (κ2) is 8.30. The SMILES string of the molecule is O=C(Nc1ccc(C(=O)OC2CCCCC2)cc1)c1cccc(Br)c1. The van der Waals surface area contributed by atoms with Crippen LogP contribution in [0.1, 0.15) is 52.8 Å². The summed E-state index contributed by atoms with van der Waals surface area (Å²) >= 11 is 3.35. The summed E-state index contributed by atoms with van der Waals surface area (Å²) in [6.07, 6.45) is 5.41. The topological polar surface area (TPSA) is 55.4 Å². The lowest BCUT2D eigenvalue weighted by molar-refractivity contribution is 0.0211. The molecule has 0 bridgehead atoms. The van der Waals surface area contributed by atoms with Crippen LogP contribution in [-0.2, 0) is 4.74 Å². The van der Waals surface area contributed by atoms with E-state index in [4.69, 9.17) is 4.74 Å². The molecule has 1 saturated carbocycles. The van der Waals surface area contributed by atoms with E-state index in [2.05, 4.69) is 21.2 Å². The van der Waals surface area contributed by atoms with Gasteiger partial charge in [0.2, 0.25) is 0 Å². The Kier molecular flexibility index (Phi) is 5.87. The molecule has 0 unspecified atom stereocenters. The average Bonchev–Trinajstić information content (AvgIpc) is 2.63. The van der Waals surface area contributed by atoms with Crippen molar-refractivity contribution in [2.75, 3.05) is 5.32 Å². The molecule has 1 fully saturated rings. The lowest BCUT2D eigenvalue weighted by Crippen LogP contribution is -2.20. The molecule has 0 saturated heterocycles. The predicted molar refractivity (Wildman–Crippen MR) is 101 cm³/mol. The van der Waals surface area contributed by atoms with Gasteiger partial charge in [-0.05, 0) is 68.1 Å². The van der Waals surface area contributed by atoms with E-state index in [9.17, 15) is 9.59 Å². The summed E-state index contributed by atoms with van der Waals surface area (Å²) in [5.41, 5.74) is 1.71. The van der Waals surface area contributed by atoms with Crippen molar-refractivity contribution in [3.8, 4) is 0 Å². The van der Waals surface area contributed by atoms with Crippen LogP contribution in [-0.4, -0.2) is 18.0 Å². The van der Waals surface area contributed by atoms with Crippen LogP contribution < -0.4 is 5.32 Å². The molecule has 0 aliphatic heterocycles. The van der Waals surface area contributed by atoms with Gasteiger partial charge in [-0.3, -0.25) is 4.79 Å². The maximum atomic E-state index is 12.2. The Morgan fingerprint density at radius 1 is 0.960 bits per heavy atom. The van der Waals surface area contributed by atoms with Crippen LogP contribution in [0.4, 0.5) is 5.69 Å². The molecule has 0 spiro atoms.